The molecule has 2 aromatic rings. The van der Waals surface area contributed by atoms with Crippen LogP contribution in [0.3, 0.4) is 0 Å². The van der Waals surface area contributed by atoms with Gasteiger partial charge in [-0.05, 0) is 37.1 Å². The molecule has 0 saturated carbocycles. The zero-order valence-corrected chi connectivity index (χ0v) is 14.0. The van der Waals surface area contributed by atoms with Gasteiger partial charge in [0.25, 0.3) is 5.91 Å². The Morgan fingerprint density at radius 1 is 1.25 bits per heavy atom. The molecule has 3 heterocycles. The number of aromatic nitrogens is 3. The molecule has 126 valence electrons. The number of nitrogens with one attached hydrogen (secondary N) is 1. The van der Waals surface area contributed by atoms with E-state index in [1.165, 1.54) is 0 Å². The SMILES string of the molecule is CN(C)c1cc(C(=O)N2CCC(Nc3cccnn3)CC2)ccn1. The molecule has 1 aliphatic rings. The summed E-state index contributed by atoms with van der Waals surface area (Å²) in [5.74, 6) is 1.64. The predicted octanol–water partition coefficient (Wildman–Crippen LogP) is 1.65. The van der Waals surface area contributed by atoms with Crippen molar-refractivity contribution in [2.24, 2.45) is 0 Å². The summed E-state index contributed by atoms with van der Waals surface area (Å²) in [4.78, 5) is 20.7. The molecule has 7 nitrogen and oxygen atoms in total. The van der Waals surface area contributed by atoms with Crippen LogP contribution in [0.25, 0.3) is 0 Å². The zero-order valence-electron chi connectivity index (χ0n) is 14.0. The van der Waals surface area contributed by atoms with E-state index >= 15 is 0 Å². The Balaban J connectivity index is 1.58. The number of hydrogen-bond donors (Lipinski definition) is 1. The Morgan fingerprint density at radius 2 is 2.04 bits per heavy atom. The molecular weight excluding hydrogens is 304 g/mol. The fraction of sp³-hybridized carbons (Fsp3) is 0.412. The molecule has 0 spiro atoms. The maximum atomic E-state index is 12.7. The highest BCUT2D eigenvalue weighted by Gasteiger charge is 2.24. The van der Waals surface area contributed by atoms with E-state index in [9.17, 15) is 4.79 Å². The van der Waals surface area contributed by atoms with Crippen LogP contribution in [0.15, 0.2) is 36.7 Å². The van der Waals surface area contributed by atoms with E-state index in [0.717, 1.165) is 37.6 Å². The molecule has 1 fully saturated rings. The monoisotopic (exact) mass is 326 g/mol. The molecule has 0 radical (unpaired) electrons. The third kappa shape index (κ3) is 3.79. The van der Waals surface area contributed by atoms with Crippen LogP contribution in [0.2, 0.25) is 0 Å². The Bertz CT molecular complexity index is 682. The highest BCUT2D eigenvalue weighted by molar-refractivity contribution is 5.94. The number of rotatable bonds is 4. The first-order chi connectivity index (χ1) is 11.6. The number of nitrogens with zero attached hydrogens (tertiary/aromatic N) is 5. The zero-order chi connectivity index (χ0) is 16.9. The second-order valence-electron chi connectivity index (χ2n) is 6.12. The van der Waals surface area contributed by atoms with Crippen LogP contribution < -0.4 is 10.2 Å². The summed E-state index contributed by atoms with van der Waals surface area (Å²) in [5.41, 5.74) is 0.689. The van der Waals surface area contributed by atoms with Gasteiger partial charge >= 0.3 is 0 Å². The smallest absolute Gasteiger partial charge is 0.254 e. The van der Waals surface area contributed by atoms with Crippen LogP contribution in [-0.4, -0.2) is 59.2 Å². The molecule has 1 amide bonds. The van der Waals surface area contributed by atoms with E-state index in [1.54, 1.807) is 18.5 Å². The van der Waals surface area contributed by atoms with Crippen molar-refractivity contribution in [1.29, 1.82) is 0 Å². The van der Waals surface area contributed by atoms with E-state index in [2.05, 4.69) is 20.5 Å². The van der Waals surface area contributed by atoms with E-state index in [4.69, 9.17) is 0 Å². The summed E-state index contributed by atoms with van der Waals surface area (Å²) in [7, 11) is 3.83. The highest BCUT2D eigenvalue weighted by Crippen LogP contribution is 2.18. The van der Waals surface area contributed by atoms with Crippen molar-refractivity contribution in [2.45, 2.75) is 18.9 Å². The molecule has 1 saturated heterocycles. The van der Waals surface area contributed by atoms with Gasteiger partial charge in [0.05, 0.1) is 0 Å². The molecule has 2 aromatic heterocycles. The number of hydrogen-bond acceptors (Lipinski definition) is 6. The Labute approximate surface area is 141 Å². The lowest BCUT2D eigenvalue weighted by Crippen LogP contribution is -2.42. The van der Waals surface area contributed by atoms with Gasteiger partial charge in [0.1, 0.15) is 11.6 Å². The second kappa shape index (κ2) is 7.25. The van der Waals surface area contributed by atoms with Crippen LogP contribution in [0.4, 0.5) is 11.6 Å². The summed E-state index contributed by atoms with van der Waals surface area (Å²) >= 11 is 0. The lowest BCUT2D eigenvalue weighted by Gasteiger charge is -2.32. The van der Waals surface area contributed by atoms with Gasteiger partial charge in [-0.1, -0.05) is 0 Å². The van der Waals surface area contributed by atoms with E-state index in [-0.39, 0.29) is 5.91 Å². The molecule has 1 N–H and O–H groups in total. The average molecular weight is 326 g/mol. The molecule has 24 heavy (non-hydrogen) atoms. The average Bonchev–Trinajstić information content (AvgIpc) is 2.63. The second-order valence-corrected chi connectivity index (χ2v) is 6.12. The molecule has 0 atom stereocenters. The predicted molar refractivity (Wildman–Crippen MR) is 93.1 cm³/mol. The third-order valence-electron chi connectivity index (χ3n) is 4.16. The first kappa shape index (κ1) is 16.2. The fourth-order valence-corrected chi connectivity index (χ4v) is 2.79. The maximum absolute atomic E-state index is 12.7. The first-order valence-corrected chi connectivity index (χ1v) is 8.10. The van der Waals surface area contributed by atoms with Gasteiger partial charge in [-0.15, -0.1) is 5.10 Å². The highest BCUT2D eigenvalue weighted by atomic mass is 16.2. The normalized spacial score (nSPS) is 15.2. The van der Waals surface area contributed by atoms with Gasteiger partial charge in [-0.3, -0.25) is 4.79 Å². The number of amides is 1. The minimum absolute atomic E-state index is 0.0680. The van der Waals surface area contributed by atoms with Crippen LogP contribution >= 0.6 is 0 Å². The van der Waals surface area contributed by atoms with Crippen LogP contribution in [0.1, 0.15) is 23.2 Å². The van der Waals surface area contributed by atoms with Crippen molar-refractivity contribution in [3.8, 4) is 0 Å². The van der Waals surface area contributed by atoms with Crippen molar-refractivity contribution < 1.29 is 4.79 Å². The van der Waals surface area contributed by atoms with E-state index in [0.29, 0.717) is 11.6 Å². The van der Waals surface area contributed by atoms with Crippen molar-refractivity contribution >= 4 is 17.5 Å². The number of carbonyl (C=O) groups excluding carboxylic acids is 1. The van der Waals surface area contributed by atoms with Crippen molar-refractivity contribution in [1.82, 2.24) is 20.1 Å². The summed E-state index contributed by atoms with van der Waals surface area (Å²) < 4.78 is 0. The Morgan fingerprint density at radius 3 is 2.71 bits per heavy atom. The number of piperidine rings is 1. The third-order valence-corrected chi connectivity index (χ3v) is 4.16. The molecular formula is C17H22N6O. The molecule has 3 rings (SSSR count). The number of pyridine rings is 1. The molecule has 0 unspecified atom stereocenters. The molecule has 0 aliphatic carbocycles. The van der Waals surface area contributed by atoms with Crippen LogP contribution in [0, 0.1) is 0 Å². The topological polar surface area (TPSA) is 74.2 Å². The maximum Gasteiger partial charge on any atom is 0.254 e. The quantitative estimate of drug-likeness (QED) is 0.921. The summed E-state index contributed by atoms with van der Waals surface area (Å²) in [6.07, 6.45) is 5.13. The molecule has 7 heteroatoms. The van der Waals surface area contributed by atoms with Crippen LogP contribution in [0.5, 0.6) is 0 Å². The summed E-state index contributed by atoms with van der Waals surface area (Å²) in [5, 5.41) is 11.3. The lowest BCUT2D eigenvalue weighted by molar-refractivity contribution is 0.0718. The van der Waals surface area contributed by atoms with E-state index in [1.807, 2.05) is 42.1 Å². The largest absolute Gasteiger partial charge is 0.366 e. The van der Waals surface area contributed by atoms with Crippen molar-refractivity contribution in [3.05, 3.63) is 42.2 Å². The van der Waals surface area contributed by atoms with Gasteiger partial charge in [-0.25, -0.2) is 4.98 Å². The van der Waals surface area contributed by atoms with Crippen molar-refractivity contribution in [2.75, 3.05) is 37.4 Å². The van der Waals surface area contributed by atoms with E-state index < -0.39 is 0 Å². The van der Waals surface area contributed by atoms with Gasteiger partial charge in [0, 0.05) is 51.2 Å². The van der Waals surface area contributed by atoms with Gasteiger partial charge in [0.2, 0.25) is 0 Å². The fourth-order valence-electron chi connectivity index (χ4n) is 2.79. The Hall–Kier alpha value is -2.70. The molecule has 1 aliphatic heterocycles. The van der Waals surface area contributed by atoms with Crippen LogP contribution in [-0.2, 0) is 0 Å². The molecule has 0 aromatic carbocycles. The van der Waals surface area contributed by atoms with Gasteiger partial charge in [-0.2, -0.15) is 5.10 Å². The lowest BCUT2D eigenvalue weighted by atomic mass is 10.0. The standard InChI is InChI=1S/C17H22N6O/c1-22(2)16-12-13(5-9-18-16)17(24)23-10-6-14(7-11-23)20-15-4-3-8-19-21-15/h3-5,8-9,12,14H,6-7,10-11H2,1-2H3,(H,20,21). The minimum Gasteiger partial charge on any atom is -0.366 e. The molecule has 0 bridgehead atoms. The number of anilines is 2. The van der Waals surface area contributed by atoms with Crippen molar-refractivity contribution in [3.63, 3.8) is 0 Å². The number of likely N-dealkylation sites (tertiary alicyclic amines) is 1. The van der Waals surface area contributed by atoms with Gasteiger partial charge in [0.15, 0.2) is 0 Å². The Kier molecular flexibility index (Phi) is 4.88. The first-order valence-electron chi connectivity index (χ1n) is 8.10. The summed E-state index contributed by atoms with van der Waals surface area (Å²) in [6, 6.07) is 7.70. The minimum atomic E-state index is 0.0680. The summed E-state index contributed by atoms with van der Waals surface area (Å²) in [6.45, 7) is 1.47. The van der Waals surface area contributed by atoms with Gasteiger partial charge < -0.3 is 15.1 Å². The number of carbonyl (C=O) groups is 1.